The van der Waals surface area contributed by atoms with Crippen LogP contribution in [-0.4, -0.2) is 24.2 Å². The number of benzene rings is 1. The molecule has 0 unspecified atom stereocenters. The lowest BCUT2D eigenvalue weighted by Crippen LogP contribution is -2.08. The molecule has 0 aliphatic rings. The fourth-order valence-electron chi connectivity index (χ4n) is 1.83. The lowest BCUT2D eigenvalue weighted by atomic mass is 10.1. The molecule has 0 aliphatic carbocycles. The van der Waals surface area contributed by atoms with Gasteiger partial charge >= 0.3 is 0 Å². The first-order valence-corrected chi connectivity index (χ1v) is 6.06. The summed E-state index contributed by atoms with van der Waals surface area (Å²) in [5.74, 6) is 1.33. The van der Waals surface area contributed by atoms with Crippen LogP contribution in [0.1, 0.15) is 11.3 Å². The zero-order valence-corrected chi connectivity index (χ0v) is 11.5. The first-order chi connectivity index (χ1) is 9.12. The van der Waals surface area contributed by atoms with E-state index >= 15 is 0 Å². The fraction of sp³-hybridized carbons (Fsp3) is 0.231. The molecule has 1 heterocycles. The van der Waals surface area contributed by atoms with Crippen LogP contribution in [0.15, 0.2) is 29.1 Å². The first-order valence-electron chi connectivity index (χ1n) is 5.66. The molecule has 0 saturated carbocycles. The van der Waals surface area contributed by atoms with E-state index in [1.807, 2.05) is 18.2 Å². The van der Waals surface area contributed by atoms with Gasteiger partial charge in [0.25, 0.3) is 5.56 Å². The van der Waals surface area contributed by atoms with Crippen molar-refractivity contribution in [2.45, 2.75) is 6.42 Å². The van der Waals surface area contributed by atoms with Crippen molar-refractivity contribution < 1.29 is 9.47 Å². The van der Waals surface area contributed by atoms with Crippen molar-refractivity contribution >= 4 is 12.2 Å². The molecule has 19 heavy (non-hydrogen) atoms. The van der Waals surface area contributed by atoms with Crippen LogP contribution < -0.4 is 15.0 Å². The number of H-pyrrole nitrogens is 2. The van der Waals surface area contributed by atoms with Gasteiger partial charge in [0.05, 0.1) is 14.2 Å². The molecule has 0 saturated heterocycles. The summed E-state index contributed by atoms with van der Waals surface area (Å²) in [5.41, 5.74) is 1.54. The van der Waals surface area contributed by atoms with Crippen LogP contribution >= 0.6 is 12.2 Å². The van der Waals surface area contributed by atoms with E-state index in [1.54, 1.807) is 14.2 Å². The van der Waals surface area contributed by atoms with Crippen LogP contribution in [0, 0.1) is 4.77 Å². The third-order valence-corrected chi connectivity index (χ3v) is 2.86. The zero-order chi connectivity index (χ0) is 13.8. The molecule has 0 amide bonds. The average Bonchev–Trinajstić information content (AvgIpc) is 2.37. The second kappa shape index (κ2) is 5.71. The molecule has 1 aromatic heterocycles. The van der Waals surface area contributed by atoms with Gasteiger partial charge in [-0.05, 0) is 29.9 Å². The minimum atomic E-state index is -0.209. The van der Waals surface area contributed by atoms with Gasteiger partial charge in [-0.3, -0.25) is 9.78 Å². The summed E-state index contributed by atoms with van der Waals surface area (Å²) in [4.78, 5) is 16.8. The molecule has 2 N–H and O–H groups in total. The number of methoxy groups -OCH3 is 2. The zero-order valence-electron chi connectivity index (χ0n) is 10.6. The van der Waals surface area contributed by atoms with Crippen molar-refractivity contribution in [1.29, 1.82) is 0 Å². The second-order valence-electron chi connectivity index (χ2n) is 3.98. The van der Waals surface area contributed by atoms with E-state index in [0.29, 0.717) is 22.7 Å². The molecule has 0 aliphatic heterocycles. The van der Waals surface area contributed by atoms with E-state index in [2.05, 4.69) is 9.97 Å². The molecule has 0 spiro atoms. The predicted molar refractivity (Wildman–Crippen MR) is 74.6 cm³/mol. The van der Waals surface area contributed by atoms with E-state index < -0.39 is 0 Å². The summed E-state index contributed by atoms with van der Waals surface area (Å²) in [7, 11) is 3.17. The van der Waals surface area contributed by atoms with E-state index in [4.69, 9.17) is 21.7 Å². The van der Waals surface area contributed by atoms with Crippen molar-refractivity contribution in [2.75, 3.05) is 14.2 Å². The number of rotatable bonds is 4. The quantitative estimate of drug-likeness (QED) is 0.840. The Morgan fingerprint density at radius 1 is 1.11 bits per heavy atom. The Morgan fingerprint density at radius 2 is 1.84 bits per heavy atom. The smallest absolute Gasteiger partial charge is 0.251 e. The minimum Gasteiger partial charge on any atom is -0.493 e. The molecule has 2 aromatic rings. The third-order valence-electron chi connectivity index (χ3n) is 2.66. The second-order valence-corrected chi connectivity index (χ2v) is 4.39. The molecular weight excluding hydrogens is 264 g/mol. The summed E-state index contributed by atoms with van der Waals surface area (Å²) in [5, 5.41) is 0. The molecule has 6 heteroatoms. The molecule has 0 radical (unpaired) electrons. The van der Waals surface area contributed by atoms with Crippen LogP contribution in [0.2, 0.25) is 0 Å². The van der Waals surface area contributed by atoms with Crippen molar-refractivity contribution in [3.05, 3.63) is 50.6 Å². The van der Waals surface area contributed by atoms with Gasteiger partial charge in [-0.1, -0.05) is 6.07 Å². The van der Waals surface area contributed by atoms with Crippen LogP contribution in [0.25, 0.3) is 0 Å². The van der Waals surface area contributed by atoms with Gasteiger partial charge in [0.15, 0.2) is 16.3 Å². The highest BCUT2D eigenvalue weighted by Crippen LogP contribution is 2.28. The number of hydrogen-bond donors (Lipinski definition) is 2. The molecular formula is C13H14N2O3S. The van der Waals surface area contributed by atoms with Gasteiger partial charge in [0.2, 0.25) is 0 Å². The lowest BCUT2D eigenvalue weighted by molar-refractivity contribution is 0.354. The van der Waals surface area contributed by atoms with Gasteiger partial charge in [0, 0.05) is 18.2 Å². The topological polar surface area (TPSA) is 67.1 Å². The summed E-state index contributed by atoms with van der Waals surface area (Å²) in [6.45, 7) is 0. The maximum absolute atomic E-state index is 11.3. The third kappa shape index (κ3) is 3.23. The number of hydrogen-bond acceptors (Lipinski definition) is 4. The van der Waals surface area contributed by atoms with Gasteiger partial charge in [-0.15, -0.1) is 0 Å². The monoisotopic (exact) mass is 278 g/mol. The fourth-order valence-corrected chi connectivity index (χ4v) is 2.06. The molecule has 5 nitrogen and oxygen atoms in total. The van der Waals surface area contributed by atoms with Gasteiger partial charge in [-0.25, -0.2) is 0 Å². The maximum Gasteiger partial charge on any atom is 0.251 e. The van der Waals surface area contributed by atoms with Crippen molar-refractivity contribution in [1.82, 2.24) is 9.97 Å². The minimum absolute atomic E-state index is 0.209. The van der Waals surface area contributed by atoms with Crippen LogP contribution in [-0.2, 0) is 6.42 Å². The van der Waals surface area contributed by atoms with Crippen LogP contribution in [0.3, 0.4) is 0 Å². The van der Waals surface area contributed by atoms with Gasteiger partial charge in [0.1, 0.15) is 0 Å². The Bertz CT molecular complexity index is 663. The van der Waals surface area contributed by atoms with Crippen molar-refractivity contribution in [3.63, 3.8) is 0 Å². The Kier molecular flexibility index (Phi) is 4.01. The highest BCUT2D eigenvalue weighted by atomic mass is 32.1. The van der Waals surface area contributed by atoms with E-state index in [1.165, 1.54) is 6.07 Å². The molecule has 0 atom stereocenters. The standard InChI is InChI=1S/C13H14N2O3S/c1-17-10-4-3-8(6-11(10)18-2)5-9-7-12(16)15-13(19)14-9/h3-4,6-7H,5H2,1-2H3,(H2,14,15,16,19). The van der Waals surface area contributed by atoms with Crippen LogP contribution in [0.5, 0.6) is 11.5 Å². The highest BCUT2D eigenvalue weighted by molar-refractivity contribution is 7.71. The van der Waals surface area contributed by atoms with E-state index in [9.17, 15) is 4.79 Å². The van der Waals surface area contributed by atoms with Crippen molar-refractivity contribution in [3.8, 4) is 11.5 Å². The van der Waals surface area contributed by atoms with Crippen molar-refractivity contribution in [2.24, 2.45) is 0 Å². The van der Waals surface area contributed by atoms with Crippen LogP contribution in [0.4, 0.5) is 0 Å². The number of nitrogens with one attached hydrogen (secondary N) is 2. The lowest BCUT2D eigenvalue weighted by Gasteiger charge is -2.09. The summed E-state index contributed by atoms with van der Waals surface area (Å²) < 4.78 is 10.7. The predicted octanol–water partition coefficient (Wildman–Crippen LogP) is 2.04. The number of aromatic amines is 2. The summed E-state index contributed by atoms with van der Waals surface area (Å²) in [6.07, 6.45) is 0.563. The Labute approximate surface area is 115 Å². The molecule has 100 valence electrons. The first kappa shape index (κ1) is 13.4. The normalized spacial score (nSPS) is 10.2. The van der Waals surface area contributed by atoms with E-state index in [-0.39, 0.29) is 5.56 Å². The van der Waals surface area contributed by atoms with Gasteiger partial charge < -0.3 is 14.5 Å². The number of ether oxygens (including phenoxy) is 2. The number of aromatic nitrogens is 2. The Balaban J connectivity index is 2.33. The average molecular weight is 278 g/mol. The maximum atomic E-state index is 11.3. The highest BCUT2D eigenvalue weighted by Gasteiger charge is 2.05. The SMILES string of the molecule is COc1ccc(Cc2cc(=O)[nH]c(=S)[nH]2)cc1OC. The largest absolute Gasteiger partial charge is 0.493 e. The molecule has 0 fully saturated rings. The molecule has 0 bridgehead atoms. The van der Waals surface area contributed by atoms with E-state index in [0.717, 1.165) is 11.3 Å². The Morgan fingerprint density at radius 3 is 2.47 bits per heavy atom. The Hall–Kier alpha value is -2.08. The molecule has 2 rings (SSSR count). The summed E-state index contributed by atoms with van der Waals surface area (Å²) in [6, 6.07) is 7.11. The van der Waals surface area contributed by atoms with Gasteiger partial charge in [-0.2, -0.15) is 0 Å². The summed E-state index contributed by atoms with van der Waals surface area (Å²) >= 11 is 4.94. The molecule has 1 aromatic carbocycles.